The monoisotopic (exact) mass is 300 g/mol. The van der Waals surface area contributed by atoms with Gasteiger partial charge >= 0.3 is 6.03 Å². The maximum atomic E-state index is 13.4. The third-order valence-corrected chi connectivity index (χ3v) is 2.98. The van der Waals surface area contributed by atoms with Crippen molar-refractivity contribution in [3.63, 3.8) is 0 Å². The topological polar surface area (TPSA) is 50.4 Å². The van der Waals surface area contributed by atoms with Crippen LogP contribution in [0.5, 0.6) is 5.75 Å². The maximum Gasteiger partial charge on any atom is 0.319 e. The average molecular weight is 300 g/mol. The van der Waals surface area contributed by atoms with Crippen LogP contribution in [0.4, 0.5) is 9.18 Å². The van der Waals surface area contributed by atoms with E-state index in [1.165, 1.54) is 12.3 Å². The van der Waals surface area contributed by atoms with Crippen LogP contribution in [0.15, 0.2) is 54.7 Å². The van der Waals surface area contributed by atoms with E-state index >= 15 is 0 Å². The van der Waals surface area contributed by atoms with E-state index in [0.717, 1.165) is 11.3 Å². The second-order valence-corrected chi connectivity index (χ2v) is 4.53. The average Bonchev–Trinajstić information content (AvgIpc) is 2.54. The predicted octanol–water partition coefficient (Wildman–Crippen LogP) is 3.30. The number of urea groups is 1. The van der Waals surface area contributed by atoms with E-state index in [9.17, 15) is 9.18 Å². The second-order valence-electron chi connectivity index (χ2n) is 4.53. The molecule has 0 spiro atoms. The highest BCUT2D eigenvalue weighted by atomic mass is 19.1. The van der Waals surface area contributed by atoms with Crippen molar-refractivity contribution in [3.05, 3.63) is 71.7 Å². The standard InChI is InChI=1S/C17H17FN2O2/c1-22-15-7-4-5-13(11-15)9-10-19-17(21)20-12-14-6-2-3-8-16(14)18/h2-11H,12H2,1H3,(H2,19,20,21)/b10-9+. The van der Waals surface area contributed by atoms with Crippen LogP contribution in [0, 0.1) is 5.82 Å². The van der Waals surface area contributed by atoms with Crippen LogP contribution in [0.3, 0.4) is 0 Å². The summed E-state index contributed by atoms with van der Waals surface area (Å²) in [6.45, 7) is 0.130. The van der Waals surface area contributed by atoms with Crippen molar-refractivity contribution >= 4 is 12.1 Å². The molecule has 0 fully saturated rings. The first kappa shape index (κ1) is 15.6. The van der Waals surface area contributed by atoms with Gasteiger partial charge in [0, 0.05) is 18.3 Å². The number of carbonyl (C=O) groups is 1. The first-order chi connectivity index (χ1) is 10.7. The molecule has 0 bridgehead atoms. The fourth-order valence-electron chi connectivity index (χ4n) is 1.83. The van der Waals surface area contributed by atoms with Crippen molar-refractivity contribution in [2.24, 2.45) is 0 Å². The highest BCUT2D eigenvalue weighted by molar-refractivity contribution is 5.75. The quantitative estimate of drug-likeness (QED) is 0.890. The molecule has 0 radical (unpaired) electrons. The molecule has 0 aromatic heterocycles. The van der Waals surface area contributed by atoms with Crippen LogP contribution in [-0.4, -0.2) is 13.1 Å². The minimum absolute atomic E-state index is 0.130. The lowest BCUT2D eigenvalue weighted by Gasteiger charge is -2.05. The van der Waals surface area contributed by atoms with Crippen molar-refractivity contribution < 1.29 is 13.9 Å². The molecule has 5 heteroatoms. The molecule has 2 aromatic rings. The van der Waals surface area contributed by atoms with E-state index in [0.29, 0.717) is 5.56 Å². The molecule has 22 heavy (non-hydrogen) atoms. The molecule has 0 unspecified atom stereocenters. The number of amides is 2. The van der Waals surface area contributed by atoms with E-state index in [4.69, 9.17) is 4.74 Å². The summed E-state index contributed by atoms with van der Waals surface area (Å²) in [5, 5.41) is 5.15. The van der Waals surface area contributed by atoms with E-state index in [-0.39, 0.29) is 12.4 Å². The van der Waals surface area contributed by atoms with E-state index in [2.05, 4.69) is 10.6 Å². The highest BCUT2D eigenvalue weighted by Crippen LogP contribution is 2.13. The lowest BCUT2D eigenvalue weighted by Crippen LogP contribution is -2.31. The van der Waals surface area contributed by atoms with Gasteiger partial charge in [0.2, 0.25) is 0 Å². The summed E-state index contributed by atoms with van der Waals surface area (Å²) in [6, 6.07) is 13.3. The molecule has 0 saturated carbocycles. The van der Waals surface area contributed by atoms with Crippen LogP contribution in [-0.2, 0) is 6.54 Å². The van der Waals surface area contributed by atoms with Gasteiger partial charge in [0.05, 0.1) is 7.11 Å². The minimum Gasteiger partial charge on any atom is -0.497 e. The maximum absolute atomic E-state index is 13.4. The summed E-state index contributed by atoms with van der Waals surface area (Å²) in [7, 11) is 1.59. The molecule has 0 atom stereocenters. The normalized spacial score (nSPS) is 10.5. The van der Waals surface area contributed by atoms with Gasteiger partial charge in [0.25, 0.3) is 0 Å². The Morgan fingerprint density at radius 1 is 1.23 bits per heavy atom. The number of nitrogens with one attached hydrogen (secondary N) is 2. The van der Waals surface area contributed by atoms with E-state index in [1.54, 1.807) is 31.4 Å². The number of ether oxygens (including phenoxy) is 1. The molecule has 2 rings (SSSR count). The fraction of sp³-hybridized carbons (Fsp3) is 0.118. The van der Waals surface area contributed by atoms with E-state index in [1.807, 2.05) is 24.3 Å². The summed E-state index contributed by atoms with van der Waals surface area (Å²) in [5.41, 5.74) is 1.34. The Bertz CT molecular complexity index is 671. The number of hydrogen-bond donors (Lipinski definition) is 2. The molecule has 2 aromatic carbocycles. The van der Waals surface area contributed by atoms with Gasteiger partial charge in [0.15, 0.2) is 0 Å². The third kappa shape index (κ3) is 4.63. The molecule has 2 N–H and O–H groups in total. The van der Waals surface area contributed by atoms with E-state index < -0.39 is 6.03 Å². The molecule has 0 saturated heterocycles. The Morgan fingerprint density at radius 3 is 2.82 bits per heavy atom. The molecule has 0 aliphatic rings. The van der Waals surface area contributed by atoms with Gasteiger partial charge in [0.1, 0.15) is 11.6 Å². The van der Waals surface area contributed by atoms with Crippen molar-refractivity contribution in [2.75, 3.05) is 7.11 Å². The first-order valence-corrected chi connectivity index (χ1v) is 6.77. The Kier molecular flexibility index (Phi) is 5.54. The zero-order chi connectivity index (χ0) is 15.8. The predicted molar refractivity (Wildman–Crippen MR) is 83.8 cm³/mol. The highest BCUT2D eigenvalue weighted by Gasteiger charge is 2.02. The third-order valence-electron chi connectivity index (χ3n) is 2.98. The zero-order valence-electron chi connectivity index (χ0n) is 12.2. The Morgan fingerprint density at radius 2 is 2.05 bits per heavy atom. The van der Waals surface area contributed by atoms with Gasteiger partial charge < -0.3 is 15.4 Å². The molecule has 114 valence electrons. The molecule has 0 heterocycles. The summed E-state index contributed by atoms with van der Waals surface area (Å²) >= 11 is 0. The Labute approximate surface area is 128 Å². The number of benzene rings is 2. The summed E-state index contributed by atoms with van der Waals surface area (Å²) < 4.78 is 18.5. The smallest absolute Gasteiger partial charge is 0.319 e. The van der Waals surface area contributed by atoms with Gasteiger partial charge in [-0.05, 0) is 29.8 Å². The van der Waals surface area contributed by atoms with Crippen LogP contribution in [0.1, 0.15) is 11.1 Å². The van der Waals surface area contributed by atoms with Crippen molar-refractivity contribution in [1.29, 1.82) is 0 Å². The molecular formula is C17H17FN2O2. The van der Waals surface area contributed by atoms with Crippen molar-refractivity contribution in [1.82, 2.24) is 10.6 Å². The summed E-state index contributed by atoms with van der Waals surface area (Å²) in [6.07, 6.45) is 3.26. The number of methoxy groups -OCH3 is 1. The largest absolute Gasteiger partial charge is 0.497 e. The van der Waals surface area contributed by atoms with Crippen LogP contribution in [0.2, 0.25) is 0 Å². The zero-order valence-corrected chi connectivity index (χ0v) is 12.2. The van der Waals surface area contributed by atoms with Crippen LogP contribution < -0.4 is 15.4 Å². The summed E-state index contributed by atoms with van der Waals surface area (Å²) in [4.78, 5) is 11.6. The van der Waals surface area contributed by atoms with Crippen LogP contribution >= 0.6 is 0 Å². The van der Waals surface area contributed by atoms with Gasteiger partial charge in [-0.1, -0.05) is 30.3 Å². The second kappa shape index (κ2) is 7.83. The van der Waals surface area contributed by atoms with Crippen LogP contribution in [0.25, 0.3) is 6.08 Å². The van der Waals surface area contributed by atoms with Gasteiger partial charge in [-0.3, -0.25) is 0 Å². The van der Waals surface area contributed by atoms with Gasteiger partial charge in [-0.15, -0.1) is 0 Å². The summed E-state index contributed by atoms with van der Waals surface area (Å²) in [5.74, 6) is 0.404. The lowest BCUT2D eigenvalue weighted by atomic mass is 10.2. The van der Waals surface area contributed by atoms with Gasteiger partial charge in [-0.2, -0.15) is 0 Å². The van der Waals surface area contributed by atoms with Gasteiger partial charge in [-0.25, -0.2) is 9.18 Å². The molecule has 0 aliphatic carbocycles. The molecule has 2 amide bonds. The molecular weight excluding hydrogens is 283 g/mol. The van der Waals surface area contributed by atoms with Crippen molar-refractivity contribution in [2.45, 2.75) is 6.54 Å². The number of rotatable bonds is 5. The van der Waals surface area contributed by atoms with Crippen molar-refractivity contribution in [3.8, 4) is 5.75 Å². The fourth-order valence-corrected chi connectivity index (χ4v) is 1.83. The lowest BCUT2D eigenvalue weighted by molar-refractivity contribution is 0.243. The molecule has 0 aliphatic heterocycles. The minimum atomic E-state index is -0.401. The SMILES string of the molecule is COc1cccc(/C=C/NC(=O)NCc2ccccc2F)c1. The number of carbonyl (C=O) groups excluding carboxylic acids is 1. The first-order valence-electron chi connectivity index (χ1n) is 6.77. The number of hydrogen-bond acceptors (Lipinski definition) is 2. The Hall–Kier alpha value is -2.82. The number of halogens is 1. The molecule has 4 nitrogen and oxygen atoms in total. The Balaban J connectivity index is 1.82.